The van der Waals surface area contributed by atoms with Gasteiger partial charge in [-0.2, -0.15) is 0 Å². The second kappa shape index (κ2) is 5.59. The van der Waals surface area contributed by atoms with Crippen LogP contribution in [-0.4, -0.2) is 45.7 Å². The highest BCUT2D eigenvalue weighted by molar-refractivity contribution is 6.04. The molecule has 1 aliphatic carbocycles. The number of carbonyl (C=O) groups is 3. The number of nitrogens with zero attached hydrogens (tertiary/aromatic N) is 1. The molecule has 1 amide bonds. The van der Waals surface area contributed by atoms with Crippen LogP contribution in [0, 0.1) is 12.8 Å². The van der Waals surface area contributed by atoms with Gasteiger partial charge >= 0.3 is 5.97 Å². The Balaban J connectivity index is 1.79. The van der Waals surface area contributed by atoms with Gasteiger partial charge in [-0.15, -0.1) is 0 Å². The molecule has 6 heteroatoms. The number of hydrogen-bond acceptors (Lipinski definition) is 3. The molecule has 0 atom stereocenters. The van der Waals surface area contributed by atoms with E-state index in [1.165, 1.54) is 0 Å². The number of aromatic amines is 1. The van der Waals surface area contributed by atoms with Gasteiger partial charge in [0.05, 0.1) is 5.92 Å². The molecule has 1 saturated heterocycles. The van der Waals surface area contributed by atoms with E-state index in [4.69, 9.17) is 5.11 Å². The molecule has 0 bridgehead atoms. The highest BCUT2D eigenvalue weighted by atomic mass is 16.4. The Kier molecular flexibility index (Phi) is 3.76. The minimum atomic E-state index is -0.788. The molecule has 0 aromatic carbocycles. The summed E-state index contributed by atoms with van der Waals surface area (Å²) in [6.07, 6.45) is 3.14. The number of rotatable bonds is 2. The van der Waals surface area contributed by atoms with Crippen LogP contribution in [0.15, 0.2) is 0 Å². The number of carbonyl (C=O) groups excluding carboxylic acids is 2. The largest absolute Gasteiger partial charge is 0.481 e. The zero-order chi connectivity index (χ0) is 15.9. The van der Waals surface area contributed by atoms with Crippen LogP contribution >= 0.6 is 0 Å². The summed E-state index contributed by atoms with van der Waals surface area (Å²) in [4.78, 5) is 40.5. The highest BCUT2D eigenvalue weighted by Gasteiger charge is 2.31. The van der Waals surface area contributed by atoms with Gasteiger partial charge in [-0.05, 0) is 38.2 Å². The number of hydrogen-bond donors (Lipinski definition) is 2. The second-order valence-electron chi connectivity index (χ2n) is 6.16. The average molecular weight is 304 g/mol. The van der Waals surface area contributed by atoms with Crippen LogP contribution in [0.2, 0.25) is 0 Å². The van der Waals surface area contributed by atoms with Crippen molar-refractivity contribution in [2.75, 3.05) is 13.1 Å². The molecule has 1 aromatic rings. The number of fused-ring (bicyclic) bond motifs is 1. The summed E-state index contributed by atoms with van der Waals surface area (Å²) in [6, 6.07) is 0. The zero-order valence-corrected chi connectivity index (χ0v) is 12.6. The third-order valence-corrected chi connectivity index (χ3v) is 4.78. The summed E-state index contributed by atoms with van der Waals surface area (Å²) < 4.78 is 0. The molecule has 3 rings (SSSR count). The number of aliphatic carboxylic acids is 1. The minimum absolute atomic E-state index is 0.110. The molecule has 118 valence electrons. The van der Waals surface area contributed by atoms with Crippen molar-refractivity contribution in [1.29, 1.82) is 0 Å². The summed E-state index contributed by atoms with van der Waals surface area (Å²) in [5.41, 5.74) is 2.80. The summed E-state index contributed by atoms with van der Waals surface area (Å²) in [5.74, 6) is -1.16. The summed E-state index contributed by atoms with van der Waals surface area (Å²) in [5, 5.41) is 9.02. The number of piperidine rings is 1. The Morgan fingerprint density at radius 1 is 1.23 bits per heavy atom. The van der Waals surface area contributed by atoms with Gasteiger partial charge < -0.3 is 15.0 Å². The molecule has 0 unspecified atom stereocenters. The van der Waals surface area contributed by atoms with E-state index in [1.807, 2.05) is 6.92 Å². The van der Waals surface area contributed by atoms with Gasteiger partial charge in [-0.1, -0.05) is 0 Å². The molecule has 0 spiro atoms. The number of amides is 1. The lowest BCUT2D eigenvalue weighted by atomic mass is 9.93. The summed E-state index contributed by atoms with van der Waals surface area (Å²) >= 11 is 0. The first-order valence-electron chi connectivity index (χ1n) is 7.75. The molecule has 2 aliphatic rings. The predicted octanol–water partition coefficient (Wildman–Crippen LogP) is 1.78. The van der Waals surface area contributed by atoms with Crippen molar-refractivity contribution >= 4 is 17.7 Å². The van der Waals surface area contributed by atoms with Gasteiger partial charge in [0, 0.05) is 30.8 Å². The number of aryl methyl sites for hydroxylation is 1. The Hall–Kier alpha value is -2.11. The number of carboxylic acids is 1. The van der Waals surface area contributed by atoms with Crippen LogP contribution < -0.4 is 0 Å². The molecule has 1 aromatic heterocycles. The van der Waals surface area contributed by atoms with Crippen molar-refractivity contribution in [3.05, 3.63) is 22.5 Å². The maximum atomic E-state index is 12.7. The summed E-state index contributed by atoms with van der Waals surface area (Å²) in [6.45, 7) is 2.72. The number of Topliss-reactive ketones (excluding diaryl/α,β-unsaturated/α-hetero) is 1. The quantitative estimate of drug-likeness (QED) is 0.871. The fraction of sp³-hybridized carbons (Fsp3) is 0.562. The van der Waals surface area contributed by atoms with Crippen LogP contribution in [0.3, 0.4) is 0 Å². The molecule has 1 aliphatic heterocycles. The maximum absolute atomic E-state index is 12.7. The number of nitrogens with one attached hydrogen (secondary N) is 1. The highest BCUT2D eigenvalue weighted by Crippen LogP contribution is 2.28. The van der Waals surface area contributed by atoms with Crippen molar-refractivity contribution in [3.63, 3.8) is 0 Å². The first-order valence-corrected chi connectivity index (χ1v) is 7.75. The normalized spacial score (nSPS) is 19.1. The number of ketones is 1. The monoisotopic (exact) mass is 304 g/mol. The number of H-pyrrole nitrogens is 1. The van der Waals surface area contributed by atoms with E-state index in [0.29, 0.717) is 43.6 Å². The van der Waals surface area contributed by atoms with E-state index >= 15 is 0 Å². The van der Waals surface area contributed by atoms with Crippen molar-refractivity contribution < 1.29 is 19.5 Å². The van der Waals surface area contributed by atoms with Crippen molar-refractivity contribution in [1.82, 2.24) is 9.88 Å². The van der Waals surface area contributed by atoms with E-state index < -0.39 is 5.97 Å². The molecule has 2 heterocycles. The molecular weight excluding hydrogens is 284 g/mol. The summed E-state index contributed by atoms with van der Waals surface area (Å²) in [7, 11) is 0. The molecule has 22 heavy (non-hydrogen) atoms. The van der Waals surface area contributed by atoms with Crippen molar-refractivity contribution in [2.45, 2.75) is 39.0 Å². The van der Waals surface area contributed by atoms with Crippen LogP contribution in [0.1, 0.15) is 57.8 Å². The molecule has 0 saturated carbocycles. The SMILES string of the molecule is Cc1c(C(=O)N2CCC(C(=O)O)CC2)[nH]c2c1C(=O)CCC2. The van der Waals surface area contributed by atoms with Gasteiger partial charge in [-0.3, -0.25) is 14.4 Å². The van der Waals surface area contributed by atoms with Crippen molar-refractivity contribution in [3.8, 4) is 0 Å². The molecular formula is C16H20N2O4. The van der Waals surface area contributed by atoms with Gasteiger partial charge in [0.15, 0.2) is 5.78 Å². The third-order valence-electron chi connectivity index (χ3n) is 4.78. The molecule has 0 radical (unpaired) electrons. The number of aromatic nitrogens is 1. The van der Waals surface area contributed by atoms with Crippen LogP contribution in [0.25, 0.3) is 0 Å². The maximum Gasteiger partial charge on any atom is 0.306 e. The Morgan fingerprint density at radius 2 is 1.91 bits per heavy atom. The van der Waals surface area contributed by atoms with Gasteiger partial charge in [0.25, 0.3) is 5.91 Å². The predicted molar refractivity (Wildman–Crippen MR) is 79.1 cm³/mol. The van der Waals surface area contributed by atoms with Gasteiger partial charge in [0.1, 0.15) is 5.69 Å². The molecule has 1 fully saturated rings. The second-order valence-corrected chi connectivity index (χ2v) is 6.16. The number of likely N-dealkylation sites (tertiary alicyclic amines) is 1. The van der Waals surface area contributed by atoms with E-state index in [2.05, 4.69) is 4.98 Å². The van der Waals surface area contributed by atoms with Gasteiger partial charge in [0.2, 0.25) is 0 Å². The van der Waals surface area contributed by atoms with E-state index in [0.717, 1.165) is 24.1 Å². The van der Waals surface area contributed by atoms with Gasteiger partial charge in [-0.25, -0.2) is 0 Å². The Morgan fingerprint density at radius 3 is 2.50 bits per heavy atom. The van der Waals surface area contributed by atoms with E-state index in [-0.39, 0.29) is 17.6 Å². The fourth-order valence-corrected chi connectivity index (χ4v) is 3.48. The lowest BCUT2D eigenvalue weighted by molar-refractivity contribution is -0.143. The first kappa shape index (κ1) is 14.8. The van der Waals surface area contributed by atoms with Crippen molar-refractivity contribution in [2.24, 2.45) is 5.92 Å². The topological polar surface area (TPSA) is 90.5 Å². The minimum Gasteiger partial charge on any atom is -0.481 e. The van der Waals surface area contributed by atoms with E-state index in [1.54, 1.807) is 4.90 Å². The lowest BCUT2D eigenvalue weighted by Gasteiger charge is -2.30. The van der Waals surface area contributed by atoms with Crippen LogP contribution in [0.4, 0.5) is 0 Å². The average Bonchev–Trinajstić information content (AvgIpc) is 2.85. The smallest absolute Gasteiger partial charge is 0.306 e. The molecule has 6 nitrogen and oxygen atoms in total. The fourth-order valence-electron chi connectivity index (χ4n) is 3.48. The van der Waals surface area contributed by atoms with E-state index in [9.17, 15) is 14.4 Å². The first-order chi connectivity index (χ1) is 10.5. The van der Waals surface area contributed by atoms with Crippen LogP contribution in [0.5, 0.6) is 0 Å². The third kappa shape index (κ3) is 2.42. The lowest BCUT2D eigenvalue weighted by Crippen LogP contribution is -2.40. The molecule has 2 N–H and O–H groups in total. The Bertz CT molecular complexity index is 639. The Labute approximate surface area is 128 Å². The van der Waals surface area contributed by atoms with Crippen LogP contribution in [-0.2, 0) is 11.2 Å². The number of carboxylic acid groups (broad SMARTS) is 1. The zero-order valence-electron chi connectivity index (χ0n) is 12.6. The standard InChI is InChI=1S/C16H20N2O4/c1-9-13-11(3-2-4-12(13)19)17-14(9)15(20)18-7-5-10(6-8-18)16(21)22/h10,17H,2-8H2,1H3,(H,21,22).